The Hall–Kier alpha value is -3.66. The fourth-order valence-electron chi connectivity index (χ4n) is 7.89. The first-order valence-corrected chi connectivity index (χ1v) is 15.9. The maximum Gasteiger partial charge on any atom is 0.251 e. The minimum absolute atomic E-state index is 0.0385. The number of aromatic nitrogens is 2. The van der Waals surface area contributed by atoms with Gasteiger partial charge in [-0.1, -0.05) is 6.58 Å². The monoisotopic (exact) mass is 585 g/mol. The zero-order valence-corrected chi connectivity index (χ0v) is 25.7. The maximum absolute atomic E-state index is 13.9. The lowest BCUT2D eigenvalue weighted by Gasteiger charge is -2.51. The average Bonchev–Trinajstić information content (AvgIpc) is 3.45. The van der Waals surface area contributed by atoms with Crippen LogP contribution in [0.4, 0.5) is 17.2 Å². The third-order valence-electron chi connectivity index (χ3n) is 10.3. The summed E-state index contributed by atoms with van der Waals surface area (Å²) in [6.45, 7) is 9.74. The first-order chi connectivity index (χ1) is 20.9. The van der Waals surface area contributed by atoms with Gasteiger partial charge in [-0.25, -0.2) is 9.97 Å². The largest absolute Gasteiger partial charge is 0.474 e. The molecule has 43 heavy (non-hydrogen) atoms. The Kier molecular flexibility index (Phi) is 7.27. The molecule has 0 saturated carbocycles. The number of fused-ring (bicyclic) bond motifs is 6. The van der Waals surface area contributed by atoms with Crippen molar-refractivity contribution >= 4 is 29.0 Å². The number of ether oxygens (including phenoxy) is 1. The molecule has 5 aliphatic rings. The highest BCUT2D eigenvalue weighted by Crippen LogP contribution is 2.48. The molecule has 3 atom stereocenters. The average molecular weight is 586 g/mol. The number of pyridine rings is 2. The third-order valence-corrected chi connectivity index (χ3v) is 10.3. The summed E-state index contributed by atoms with van der Waals surface area (Å²) in [5.74, 6) is 1.45. The van der Waals surface area contributed by atoms with Gasteiger partial charge in [0.2, 0.25) is 11.8 Å². The molecule has 2 amide bonds. The quantitative estimate of drug-likeness (QED) is 0.496. The molecule has 2 saturated heterocycles. The number of piperazine rings is 1. The molecule has 0 radical (unpaired) electrons. The number of hydrogen-bond acceptors (Lipinski definition) is 8. The number of aryl methyl sites for hydroxylation is 1. The van der Waals surface area contributed by atoms with Crippen LogP contribution in [0.5, 0.6) is 5.88 Å². The molecule has 228 valence electrons. The maximum atomic E-state index is 13.9. The van der Waals surface area contributed by atoms with Gasteiger partial charge in [0.25, 0.3) is 5.91 Å². The Morgan fingerprint density at radius 3 is 2.72 bits per heavy atom. The second kappa shape index (κ2) is 11.1. The van der Waals surface area contributed by atoms with Crippen LogP contribution >= 0.6 is 0 Å². The number of likely N-dealkylation sites (N-methyl/N-ethyl adjacent to an activating group) is 2. The second-order valence-corrected chi connectivity index (χ2v) is 12.9. The molecule has 0 aromatic carbocycles. The summed E-state index contributed by atoms with van der Waals surface area (Å²) in [5.41, 5.74) is 6.80. The van der Waals surface area contributed by atoms with E-state index < -0.39 is 6.04 Å². The van der Waals surface area contributed by atoms with Gasteiger partial charge in [-0.2, -0.15) is 0 Å². The van der Waals surface area contributed by atoms with Crippen molar-refractivity contribution in [3.63, 3.8) is 0 Å². The van der Waals surface area contributed by atoms with Crippen molar-refractivity contribution in [3.05, 3.63) is 47.3 Å². The van der Waals surface area contributed by atoms with Crippen molar-refractivity contribution in [1.29, 1.82) is 0 Å². The van der Waals surface area contributed by atoms with Gasteiger partial charge in [0.1, 0.15) is 24.2 Å². The Labute approximate surface area is 254 Å². The van der Waals surface area contributed by atoms with Gasteiger partial charge in [-0.05, 0) is 88.7 Å². The van der Waals surface area contributed by atoms with Crippen LogP contribution in [0.1, 0.15) is 55.0 Å². The molecule has 0 spiro atoms. The number of carbonyl (C=O) groups is 2. The molecule has 2 aromatic heterocycles. The molecular formula is C33H43N7O3. The molecule has 4 aliphatic heterocycles. The smallest absolute Gasteiger partial charge is 0.251 e. The van der Waals surface area contributed by atoms with Crippen molar-refractivity contribution in [3.8, 4) is 5.88 Å². The summed E-state index contributed by atoms with van der Waals surface area (Å²) in [4.78, 5) is 47.2. The third kappa shape index (κ3) is 4.74. The summed E-state index contributed by atoms with van der Waals surface area (Å²) in [6.07, 6.45) is 11.0. The van der Waals surface area contributed by atoms with Crippen LogP contribution in [0.2, 0.25) is 0 Å². The Morgan fingerprint density at radius 2 is 1.93 bits per heavy atom. The predicted octanol–water partition coefficient (Wildman–Crippen LogP) is 2.96. The summed E-state index contributed by atoms with van der Waals surface area (Å²) in [5, 5.41) is 0. The lowest BCUT2D eigenvalue weighted by Crippen LogP contribution is -2.65. The zero-order chi connectivity index (χ0) is 29.8. The van der Waals surface area contributed by atoms with E-state index >= 15 is 0 Å². The van der Waals surface area contributed by atoms with Gasteiger partial charge in [0, 0.05) is 44.0 Å². The molecule has 10 heteroatoms. The highest BCUT2D eigenvalue weighted by Gasteiger charge is 2.47. The number of amides is 2. The predicted molar refractivity (Wildman–Crippen MR) is 167 cm³/mol. The first-order valence-electron chi connectivity index (χ1n) is 15.9. The van der Waals surface area contributed by atoms with E-state index in [1.807, 2.05) is 20.2 Å². The SMILES string of the molecule is C=CC(=O)N1C[C@@H]2C(=O)N(C)c3c(OC[C@@H]4CCCN4C)nc4c(c3N2C[C@H]1C)CCN(c1nccc2c1CCCC2)C4. The number of rotatable bonds is 5. The Morgan fingerprint density at radius 1 is 1.09 bits per heavy atom. The lowest BCUT2D eigenvalue weighted by molar-refractivity contribution is -0.130. The molecule has 0 N–H and O–H groups in total. The molecule has 2 aromatic rings. The van der Waals surface area contributed by atoms with E-state index in [-0.39, 0.29) is 17.9 Å². The van der Waals surface area contributed by atoms with E-state index in [4.69, 9.17) is 14.7 Å². The molecule has 1 aliphatic carbocycles. The number of likely N-dealkylation sites (tertiary alicyclic amines) is 1. The summed E-state index contributed by atoms with van der Waals surface area (Å²) in [6, 6.07) is 1.99. The molecule has 6 heterocycles. The van der Waals surface area contributed by atoms with Gasteiger partial charge in [-0.3, -0.25) is 9.59 Å². The minimum atomic E-state index is -0.459. The second-order valence-electron chi connectivity index (χ2n) is 12.9. The number of nitrogens with zero attached hydrogens (tertiary/aromatic N) is 7. The van der Waals surface area contributed by atoms with E-state index in [2.05, 4.69) is 34.4 Å². The van der Waals surface area contributed by atoms with Crippen molar-refractivity contribution in [2.45, 2.75) is 76.5 Å². The molecule has 0 unspecified atom stereocenters. The summed E-state index contributed by atoms with van der Waals surface area (Å²) < 4.78 is 6.57. The lowest BCUT2D eigenvalue weighted by atomic mass is 9.91. The molecular weight excluding hydrogens is 542 g/mol. The van der Waals surface area contributed by atoms with Crippen LogP contribution in [0.25, 0.3) is 0 Å². The topological polar surface area (TPSA) is 85.4 Å². The van der Waals surface area contributed by atoms with E-state index in [0.717, 1.165) is 68.1 Å². The van der Waals surface area contributed by atoms with Gasteiger partial charge < -0.3 is 29.2 Å². The van der Waals surface area contributed by atoms with Gasteiger partial charge in [0.05, 0.1) is 24.5 Å². The minimum Gasteiger partial charge on any atom is -0.474 e. The molecule has 10 nitrogen and oxygen atoms in total. The number of carbonyl (C=O) groups excluding carboxylic acids is 2. The Balaban J connectivity index is 1.30. The van der Waals surface area contributed by atoms with E-state index in [9.17, 15) is 9.59 Å². The van der Waals surface area contributed by atoms with Crippen LogP contribution in [0.15, 0.2) is 24.9 Å². The number of hydrogen-bond donors (Lipinski definition) is 0. The highest BCUT2D eigenvalue weighted by atomic mass is 16.5. The fraction of sp³-hybridized carbons (Fsp3) is 0.576. The van der Waals surface area contributed by atoms with E-state index in [0.29, 0.717) is 38.2 Å². The van der Waals surface area contributed by atoms with Crippen LogP contribution in [0, 0.1) is 0 Å². The van der Waals surface area contributed by atoms with Crippen molar-refractivity contribution < 1.29 is 14.3 Å². The van der Waals surface area contributed by atoms with Crippen LogP contribution in [-0.4, -0.2) is 96.6 Å². The van der Waals surface area contributed by atoms with Gasteiger partial charge in [-0.15, -0.1) is 0 Å². The highest BCUT2D eigenvalue weighted by molar-refractivity contribution is 6.08. The standard InChI is InChI=1S/C33H43N7O3/c1-5-28(41)39-19-27-33(42)37(4)30-29(40(27)17-21(39)2)25-13-16-38(31-24-11-7-6-9-22(24)12-14-34-31)18-26(25)35-32(30)43-20-23-10-8-15-36(23)3/h5,12,14,21,23,27H,1,6-11,13,15-20H2,2-4H3/t21-,23+,27-/m1/s1. The van der Waals surface area contributed by atoms with Gasteiger partial charge in [0.15, 0.2) is 0 Å². The van der Waals surface area contributed by atoms with E-state index in [1.165, 1.54) is 35.6 Å². The molecule has 2 fully saturated rings. The number of anilines is 3. The summed E-state index contributed by atoms with van der Waals surface area (Å²) >= 11 is 0. The van der Waals surface area contributed by atoms with Crippen LogP contribution < -0.4 is 19.4 Å². The first kappa shape index (κ1) is 28.1. The molecule has 0 bridgehead atoms. The van der Waals surface area contributed by atoms with Crippen molar-refractivity contribution in [1.82, 2.24) is 19.8 Å². The fourth-order valence-corrected chi connectivity index (χ4v) is 7.89. The van der Waals surface area contributed by atoms with Gasteiger partial charge >= 0.3 is 0 Å². The summed E-state index contributed by atoms with van der Waals surface area (Å²) in [7, 11) is 3.97. The Bertz CT molecular complexity index is 1460. The zero-order valence-electron chi connectivity index (χ0n) is 25.7. The molecule has 7 rings (SSSR count). The van der Waals surface area contributed by atoms with Crippen molar-refractivity contribution in [2.24, 2.45) is 0 Å². The van der Waals surface area contributed by atoms with Crippen LogP contribution in [-0.2, 0) is 35.4 Å². The van der Waals surface area contributed by atoms with Crippen molar-refractivity contribution in [2.75, 3.05) is 61.6 Å². The van der Waals surface area contributed by atoms with E-state index in [1.54, 1.807) is 9.80 Å². The van der Waals surface area contributed by atoms with Crippen LogP contribution in [0.3, 0.4) is 0 Å². The normalized spacial score (nSPS) is 25.2.